The van der Waals surface area contributed by atoms with Gasteiger partial charge in [0.25, 0.3) is 0 Å². The van der Waals surface area contributed by atoms with Crippen molar-refractivity contribution >= 4 is 22.9 Å². The maximum absolute atomic E-state index is 12.5. The molecule has 1 atom stereocenters. The van der Waals surface area contributed by atoms with Gasteiger partial charge in [0.1, 0.15) is 11.6 Å². The van der Waals surface area contributed by atoms with Crippen molar-refractivity contribution in [3.8, 4) is 0 Å². The van der Waals surface area contributed by atoms with E-state index in [2.05, 4.69) is 16.4 Å². The van der Waals surface area contributed by atoms with Crippen molar-refractivity contribution in [1.82, 2.24) is 15.2 Å². The Morgan fingerprint density at radius 3 is 2.85 bits per heavy atom. The van der Waals surface area contributed by atoms with Gasteiger partial charge in [0.2, 0.25) is 5.91 Å². The first-order valence-corrected chi connectivity index (χ1v) is 9.17. The Bertz CT molecular complexity index is 791. The van der Waals surface area contributed by atoms with Crippen LogP contribution in [0.1, 0.15) is 39.2 Å². The fraction of sp³-hybridized carbons (Fsp3) is 0.500. The van der Waals surface area contributed by atoms with Gasteiger partial charge in [-0.15, -0.1) is 0 Å². The van der Waals surface area contributed by atoms with Crippen molar-refractivity contribution < 1.29 is 14.3 Å². The van der Waals surface area contributed by atoms with Crippen LogP contribution >= 0.6 is 0 Å². The standard InChI is InChI=1S/C20H27N3O3/c1-20(2,3)26-19(25)23-12-6-9-17(23)18(24)21-11-10-14-13-22-16-8-5-4-7-15(14)16/h4-5,7-8,13,17,22H,6,9-12H2,1-3H3,(H,21,24)/t17-/m1/s1. The molecule has 1 aliphatic heterocycles. The average molecular weight is 357 g/mol. The van der Waals surface area contributed by atoms with Gasteiger partial charge in [-0.05, 0) is 51.7 Å². The second-order valence-electron chi connectivity index (χ2n) is 7.73. The van der Waals surface area contributed by atoms with Crippen LogP contribution in [0.4, 0.5) is 4.79 Å². The minimum atomic E-state index is -0.559. The largest absolute Gasteiger partial charge is 0.444 e. The number of para-hydroxylation sites is 1. The topological polar surface area (TPSA) is 74.4 Å². The van der Waals surface area contributed by atoms with Crippen molar-refractivity contribution in [2.75, 3.05) is 13.1 Å². The summed E-state index contributed by atoms with van der Waals surface area (Å²) < 4.78 is 5.42. The number of nitrogens with one attached hydrogen (secondary N) is 2. The predicted molar refractivity (Wildman–Crippen MR) is 101 cm³/mol. The van der Waals surface area contributed by atoms with Crippen molar-refractivity contribution in [2.45, 2.75) is 51.7 Å². The number of H-pyrrole nitrogens is 1. The summed E-state index contributed by atoms with van der Waals surface area (Å²) in [5.41, 5.74) is 1.72. The van der Waals surface area contributed by atoms with Gasteiger partial charge in [-0.1, -0.05) is 18.2 Å². The zero-order chi connectivity index (χ0) is 18.7. The molecule has 0 spiro atoms. The number of amides is 2. The zero-order valence-corrected chi connectivity index (χ0v) is 15.7. The lowest BCUT2D eigenvalue weighted by Gasteiger charge is -2.28. The first-order chi connectivity index (χ1) is 12.3. The van der Waals surface area contributed by atoms with Gasteiger partial charge >= 0.3 is 6.09 Å². The third-order valence-electron chi connectivity index (χ3n) is 4.55. The molecule has 1 aromatic carbocycles. The molecule has 0 unspecified atom stereocenters. The van der Waals surface area contributed by atoms with Gasteiger partial charge in [-0.25, -0.2) is 4.79 Å². The lowest BCUT2D eigenvalue weighted by atomic mass is 10.1. The van der Waals surface area contributed by atoms with E-state index in [9.17, 15) is 9.59 Å². The van der Waals surface area contributed by atoms with Crippen LogP contribution in [0.3, 0.4) is 0 Å². The number of likely N-dealkylation sites (tertiary alicyclic amines) is 1. The lowest BCUT2D eigenvalue weighted by molar-refractivity contribution is -0.125. The molecule has 2 heterocycles. The summed E-state index contributed by atoms with van der Waals surface area (Å²) in [6.07, 6.45) is 3.82. The number of fused-ring (bicyclic) bond motifs is 1. The zero-order valence-electron chi connectivity index (χ0n) is 15.7. The summed E-state index contributed by atoms with van der Waals surface area (Å²) in [5.74, 6) is -0.104. The highest BCUT2D eigenvalue weighted by Crippen LogP contribution is 2.21. The second-order valence-corrected chi connectivity index (χ2v) is 7.73. The fourth-order valence-electron chi connectivity index (χ4n) is 3.36. The Morgan fingerprint density at radius 2 is 2.08 bits per heavy atom. The molecular weight excluding hydrogens is 330 g/mol. The maximum Gasteiger partial charge on any atom is 0.410 e. The van der Waals surface area contributed by atoms with Crippen LogP contribution in [0.2, 0.25) is 0 Å². The van der Waals surface area contributed by atoms with Gasteiger partial charge in [-0.2, -0.15) is 0 Å². The highest BCUT2D eigenvalue weighted by Gasteiger charge is 2.36. The second kappa shape index (κ2) is 7.40. The molecule has 140 valence electrons. The first kappa shape index (κ1) is 18.3. The van der Waals surface area contributed by atoms with Crippen LogP contribution in [0.5, 0.6) is 0 Å². The Morgan fingerprint density at radius 1 is 1.31 bits per heavy atom. The molecule has 3 rings (SSSR count). The summed E-state index contributed by atoms with van der Waals surface area (Å²) in [6, 6.07) is 7.68. The molecular formula is C20H27N3O3. The Balaban J connectivity index is 1.55. The van der Waals surface area contributed by atoms with E-state index in [-0.39, 0.29) is 5.91 Å². The van der Waals surface area contributed by atoms with Gasteiger partial charge in [0, 0.05) is 30.2 Å². The molecule has 26 heavy (non-hydrogen) atoms. The van der Waals surface area contributed by atoms with Crippen LogP contribution in [0.25, 0.3) is 10.9 Å². The van der Waals surface area contributed by atoms with Gasteiger partial charge in [0.05, 0.1) is 0 Å². The molecule has 0 saturated carbocycles. The van der Waals surface area contributed by atoms with Gasteiger partial charge in [0.15, 0.2) is 0 Å². The molecule has 6 heteroatoms. The average Bonchev–Trinajstić information content (AvgIpc) is 3.20. The van der Waals surface area contributed by atoms with Crippen molar-refractivity contribution in [3.63, 3.8) is 0 Å². The number of hydrogen-bond acceptors (Lipinski definition) is 3. The normalized spacial score (nSPS) is 17.5. The van der Waals surface area contributed by atoms with Gasteiger partial charge < -0.3 is 15.0 Å². The fourth-order valence-corrected chi connectivity index (χ4v) is 3.36. The molecule has 1 saturated heterocycles. The number of hydrogen-bond donors (Lipinski definition) is 2. The molecule has 2 amide bonds. The number of aromatic amines is 1. The molecule has 6 nitrogen and oxygen atoms in total. The van der Waals surface area contributed by atoms with Crippen LogP contribution < -0.4 is 5.32 Å². The molecule has 0 bridgehead atoms. The number of carbonyl (C=O) groups excluding carboxylic acids is 2. The third-order valence-corrected chi connectivity index (χ3v) is 4.55. The van der Waals surface area contributed by atoms with Crippen LogP contribution in [-0.2, 0) is 16.0 Å². The monoisotopic (exact) mass is 357 g/mol. The van der Waals surface area contributed by atoms with Gasteiger partial charge in [-0.3, -0.25) is 9.69 Å². The summed E-state index contributed by atoms with van der Waals surface area (Å²) >= 11 is 0. The Hall–Kier alpha value is -2.50. The number of aromatic nitrogens is 1. The molecule has 1 fully saturated rings. The van der Waals surface area contributed by atoms with E-state index in [0.717, 1.165) is 18.4 Å². The highest BCUT2D eigenvalue weighted by atomic mass is 16.6. The minimum absolute atomic E-state index is 0.104. The van der Waals surface area contributed by atoms with Crippen LogP contribution in [0.15, 0.2) is 30.5 Å². The molecule has 1 aromatic heterocycles. The van der Waals surface area contributed by atoms with E-state index < -0.39 is 17.7 Å². The highest BCUT2D eigenvalue weighted by molar-refractivity contribution is 5.86. The van der Waals surface area contributed by atoms with E-state index in [0.29, 0.717) is 19.5 Å². The third kappa shape index (κ3) is 4.18. The van der Waals surface area contributed by atoms with Crippen molar-refractivity contribution in [2.24, 2.45) is 0 Å². The van der Waals surface area contributed by atoms with E-state index in [1.807, 2.05) is 45.2 Å². The van der Waals surface area contributed by atoms with Crippen molar-refractivity contribution in [3.05, 3.63) is 36.0 Å². The number of carbonyl (C=O) groups is 2. The van der Waals surface area contributed by atoms with E-state index in [4.69, 9.17) is 4.74 Å². The summed E-state index contributed by atoms with van der Waals surface area (Å²) in [7, 11) is 0. The Labute approximate surface area is 153 Å². The number of benzene rings is 1. The molecule has 2 N–H and O–H groups in total. The van der Waals surface area contributed by atoms with E-state index >= 15 is 0 Å². The summed E-state index contributed by atoms with van der Waals surface area (Å²) in [6.45, 7) is 6.60. The molecule has 0 radical (unpaired) electrons. The maximum atomic E-state index is 12.5. The first-order valence-electron chi connectivity index (χ1n) is 9.17. The van der Waals surface area contributed by atoms with Crippen LogP contribution in [-0.4, -0.2) is 46.6 Å². The molecule has 1 aliphatic rings. The minimum Gasteiger partial charge on any atom is -0.444 e. The predicted octanol–water partition coefficient (Wildman–Crippen LogP) is 3.23. The molecule has 2 aromatic rings. The van der Waals surface area contributed by atoms with E-state index in [1.165, 1.54) is 10.9 Å². The summed E-state index contributed by atoms with van der Waals surface area (Å²) in [4.78, 5) is 29.6. The number of rotatable bonds is 4. The Kier molecular flexibility index (Phi) is 5.20. The van der Waals surface area contributed by atoms with Crippen molar-refractivity contribution in [1.29, 1.82) is 0 Å². The SMILES string of the molecule is CC(C)(C)OC(=O)N1CCC[C@@H]1C(=O)NCCc1c[nH]c2ccccc12. The molecule has 0 aliphatic carbocycles. The number of nitrogens with zero attached hydrogens (tertiary/aromatic N) is 1. The lowest BCUT2D eigenvalue weighted by Crippen LogP contribution is -2.47. The summed E-state index contributed by atoms with van der Waals surface area (Å²) in [5, 5.41) is 4.15. The van der Waals surface area contributed by atoms with E-state index in [1.54, 1.807) is 4.90 Å². The quantitative estimate of drug-likeness (QED) is 0.882. The smallest absolute Gasteiger partial charge is 0.410 e. The number of ether oxygens (including phenoxy) is 1. The van der Waals surface area contributed by atoms with Crippen LogP contribution in [0, 0.1) is 0 Å².